The van der Waals surface area contributed by atoms with Crippen molar-refractivity contribution < 1.29 is 22.8 Å². The molecule has 5 rings (SSSR count). The number of carbonyl (C=O) groups is 2. The number of aromatic nitrogens is 2. The summed E-state index contributed by atoms with van der Waals surface area (Å²) in [6, 6.07) is 5.29. The normalized spacial score (nSPS) is 20.4. The average Bonchev–Trinajstić information content (AvgIpc) is 3.61. The number of hydrogen-bond acceptors (Lipinski definition) is 5. The molecular formula is C25H31F3N6O2. The maximum atomic E-state index is 13.5. The van der Waals surface area contributed by atoms with Crippen LogP contribution >= 0.6 is 0 Å². The quantitative estimate of drug-likeness (QED) is 0.686. The van der Waals surface area contributed by atoms with Crippen LogP contribution in [0.25, 0.3) is 0 Å². The van der Waals surface area contributed by atoms with Gasteiger partial charge in [0.15, 0.2) is 5.69 Å². The maximum absolute atomic E-state index is 13.5. The molecule has 0 unspecified atom stereocenters. The minimum Gasteiger partial charge on any atom is -0.371 e. The fraction of sp³-hybridized carbons (Fsp3) is 0.560. The second kappa shape index (κ2) is 9.42. The van der Waals surface area contributed by atoms with Crippen molar-refractivity contribution in [1.82, 2.24) is 19.6 Å². The molecule has 3 saturated heterocycles. The molecule has 3 aliphatic heterocycles. The predicted molar refractivity (Wildman–Crippen MR) is 128 cm³/mol. The van der Waals surface area contributed by atoms with Crippen molar-refractivity contribution in [3.05, 3.63) is 47.3 Å². The number of benzene rings is 1. The van der Waals surface area contributed by atoms with E-state index < -0.39 is 17.6 Å². The van der Waals surface area contributed by atoms with Crippen molar-refractivity contribution in [3.63, 3.8) is 0 Å². The van der Waals surface area contributed by atoms with Gasteiger partial charge in [-0.2, -0.15) is 23.0 Å². The van der Waals surface area contributed by atoms with E-state index in [2.05, 4.69) is 14.9 Å². The zero-order valence-corrected chi connectivity index (χ0v) is 20.1. The van der Waals surface area contributed by atoms with Gasteiger partial charge < -0.3 is 15.5 Å². The van der Waals surface area contributed by atoms with Crippen LogP contribution in [-0.2, 0) is 12.7 Å². The summed E-state index contributed by atoms with van der Waals surface area (Å²) in [5, 5.41) is 3.97. The third-order valence-corrected chi connectivity index (χ3v) is 7.96. The SMILES string of the molecule is NC(=O)c1ccn(C(=O)N2CCC3(CCCN3Cc3ccc(C(F)(F)F)cc3N3CCCC3)CC2)n1. The van der Waals surface area contributed by atoms with Crippen LogP contribution < -0.4 is 10.6 Å². The van der Waals surface area contributed by atoms with Gasteiger partial charge in [0, 0.05) is 50.1 Å². The summed E-state index contributed by atoms with van der Waals surface area (Å²) in [7, 11) is 0. The van der Waals surface area contributed by atoms with Gasteiger partial charge in [-0.15, -0.1) is 0 Å². The number of anilines is 1. The monoisotopic (exact) mass is 504 g/mol. The Hall–Kier alpha value is -3.08. The van der Waals surface area contributed by atoms with Gasteiger partial charge in [-0.3, -0.25) is 9.69 Å². The van der Waals surface area contributed by atoms with Crippen molar-refractivity contribution in [2.24, 2.45) is 5.73 Å². The lowest BCUT2D eigenvalue weighted by atomic mass is 9.84. The van der Waals surface area contributed by atoms with Crippen LogP contribution in [-0.4, -0.2) is 69.8 Å². The van der Waals surface area contributed by atoms with Crippen molar-refractivity contribution >= 4 is 17.6 Å². The zero-order valence-electron chi connectivity index (χ0n) is 20.1. The molecule has 2 amide bonds. The highest BCUT2D eigenvalue weighted by Crippen LogP contribution is 2.41. The standard InChI is InChI=1S/C25H31F3N6O2/c26-25(27,28)19-5-4-18(21(16-19)31-10-1-2-11-31)17-33-12-3-7-24(33)8-14-32(15-9-24)23(36)34-13-6-20(30-34)22(29)35/h4-6,13,16H,1-3,7-12,14-15,17H2,(H2,29,35). The van der Waals surface area contributed by atoms with Gasteiger partial charge >= 0.3 is 12.2 Å². The third kappa shape index (κ3) is 4.68. The van der Waals surface area contributed by atoms with E-state index in [9.17, 15) is 22.8 Å². The number of amides is 2. The minimum atomic E-state index is -4.37. The molecule has 0 bridgehead atoms. The summed E-state index contributed by atoms with van der Waals surface area (Å²) in [5.41, 5.74) is 6.23. The summed E-state index contributed by atoms with van der Waals surface area (Å²) in [6.45, 7) is 4.14. The van der Waals surface area contributed by atoms with Gasteiger partial charge in [0.2, 0.25) is 0 Å². The maximum Gasteiger partial charge on any atom is 0.416 e. The number of likely N-dealkylation sites (tertiary alicyclic amines) is 2. The molecule has 11 heteroatoms. The van der Waals surface area contributed by atoms with E-state index >= 15 is 0 Å². The second-order valence-electron chi connectivity index (χ2n) is 10.1. The number of piperidine rings is 1. The van der Waals surface area contributed by atoms with E-state index in [1.165, 1.54) is 24.4 Å². The average molecular weight is 505 g/mol. The summed E-state index contributed by atoms with van der Waals surface area (Å²) in [6.07, 6.45) is 2.64. The van der Waals surface area contributed by atoms with E-state index in [-0.39, 0.29) is 17.3 Å². The number of hydrogen-bond donors (Lipinski definition) is 1. The first-order chi connectivity index (χ1) is 17.2. The van der Waals surface area contributed by atoms with E-state index in [0.29, 0.717) is 25.3 Å². The summed E-state index contributed by atoms with van der Waals surface area (Å²) < 4.78 is 41.5. The van der Waals surface area contributed by atoms with Gasteiger partial charge in [0.1, 0.15) is 0 Å². The molecule has 3 fully saturated rings. The molecular weight excluding hydrogens is 473 g/mol. The van der Waals surface area contributed by atoms with Crippen molar-refractivity contribution in [2.45, 2.75) is 56.8 Å². The molecule has 8 nitrogen and oxygen atoms in total. The van der Waals surface area contributed by atoms with Gasteiger partial charge in [-0.25, -0.2) is 4.79 Å². The number of nitrogens with two attached hydrogens (primary N) is 1. The first-order valence-corrected chi connectivity index (χ1v) is 12.5. The number of alkyl halides is 3. The molecule has 1 spiro atoms. The Morgan fingerprint density at radius 3 is 2.33 bits per heavy atom. The first kappa shape index (κ1) is 24.6. The number of nitrogens with zero attached hydrogens (tertiary/aromatic N) is 5. The lowest BCUT2D eigenvalue weighted by Crippen LogP contribution is -2.53. The Bertz CT molecular complexity index is 1130. The van der Waals surface area contributed by atoms with Gasteiger partial charge in [0.05, 0.1) is 5.56 Å². The smallest absolute Gasteiger partial charge is 0.371 e. The topological polar surface area (TPSA) is 87.7 Å². The lowest BCUT2D eigenvalue weighted by Gasteiger charge is -2.45. The van der Waals surface area contributed by atoms with E-state index in [1.54, 1.807) is 11.0 Å². The molecule has 2 N–H and O–H groups in total. The van der Waals surface area contributed by atoms with E-state index in [4.69, 9.17) is 5.73 Å². The highest BCUT2D eigenvalue weighted by atomic mass is 19.4. The molecule has 1 aromatic heterocycles. The minimum absolute atomic E-state index is 0.0455. The van der Waals surface area contributed by atoms with Gasteiger partial charge in [0.25, 0.3) is 5.91 Å². The zero-order chi connectivity index (χ0) is 25.5. The second-order valence-corrected chi connectivity index (χ2v) is 10.1. The molecule has 36 heavy (non-hydrogen) atoms. The van der Waals surface area contributed by atoms with Crippen LogP contribution in [0.5, 0.6) is 0 Å². The molecule has 0 aliphatic carbocycles. The van der Waals surface area contributed by atoms with Crippen LogP contribution in [0.2, 0.25) is 0 Å². The highest BCUT2D eigenvalue weighted by molar-refractivity contribution is 5.91. The number of carbonyl (C=O) groups excluding carboxylic acids is 2. The highest BCUT2D eigenvalue weighted by Gasteiger charge is 2.44. The van der Waals surface area contributed by atoms with Crippen LogP contribution in [0, 0.1) is 0 Å². The summed E-state index contributed by atoms with van der Waals surface area (Å²) >= 11 is 0. The van der Waals surface area contributed by atoms with Gasteiger partial charge in [-0.1, -0.05) is 6.07 Å². The van der Waals surface area contributed by atoms with Crippen LogP contribution in [0.15, 0.2) is 30.5 Å². The fourth-order valence-electron chi connectivity index (χ4n) is 5.96. The largest absolute Gasteiger partial charge is 0.416 e. The van der Waals surface area contributed by atoms with Crippen molar-refractivity contribution in [1.29, 1.82) is 0 Å². The van der Waals surface area contributed by atoms with Crippen LogP contribution in [0.3, 0.4) is 0 Å². The Kier molecular flexibility index (Phi) is 6.44. The summed E-state index contributed by atoms with van der Waals surface area (Å²) in [5.74, 6) is -0.683. The first-order valence-electron chi connectivity index (χ1n) is 12.5. The number of halogens is 3. The number of primary amides is 1. The molecule has 0 atom stereocenters. The number of rotatable bonds is 4. The van der Waals surface area contributed by atoms with E-state index in [1.807, 2.05) is 0 Å². The van der Waals surface area contributed by atoms with E-state index in [0.717, 1.165) is 68.4 Å². The summed E-state index contributed by atoms with van der Waals surface area (Å²) in [4.78, 5) is 30.4. The van der Waals surface area contributed by atoms with Gasteiger partial charge in [-0.05, 0) is 68.8 Å². The Morgan fingerprint density at radius 1 is 0.972 bits per heavy atom. The lowest BCUT2D eigenvalue weighted by molar-refractivity contribution is -0.137. The van der Waals surface area contributed by atoms with Crippen LogP contribution in [0.4, 0.5) is 23.7 Å². The molecule has 0 radical (unpaired) electrons. The molecule has 194 valence electrons. The van der Waals surface area contributed by atoms with Crippen molar-refractivity contribution in [2.75, 3.05) is 37.6 Å². The molecule has 1 aromatic carbocycles. The van der Waals surface area contributed by atoms with Crippen molar-refractivity contribution in [3.8, 4) is 0 Å². The molecule has 0 saturated carbocycles. The Labute approximate surface area is 207 Å². The predicted octanol–water partition coefficient (Wildman–Crippen LogP) is 3.70. The molecule has 3 aliphatic rings. The third-order valence-electron chi connectivity index (χ3n) is 7.96. The molecule has 4 heterocycles. The molecule has 2 aromatic rings. The Morgan fingerprint density at radius 2 is 1.69 bits per heavy atom. The Balaban J connectivity index is 1.31. The van der Waals surface area contributed by atoms with Crippen LogP contribution in [0.1, 0.15) is 60.1 Å². The fourth-order valence-corrected chi connectivity index (χ4v) is 5.96.